The molecule has 4 nitrogen and oxygen atoms in total. The first-order valence-corrected chi connectivity index (χ1v) is 22.9. The van der Waals surface area contributed by atoms with Crippen molar-refractivity contribution in [3.05, 3.63) is 230 Å². The van der Waals surface area contributed by atoms with Gasteiger partial charge in [-0.15, -0.1) is 0 Å². The molecule has 3 heterocycles. The summed E-state index contributed by atoms with van der Waals surface area (Å²) in [5.41, 5.74) is 12.3. The molecule has 14 rings (SSSR count). The van der Waals surface area contributed by atoms with Crippen LogP contribution in [0.25, 0.3) is 121 Å². The minimum Gasteiger partial charge on any atom is -0.309 e. The third-order valence-electron chi connectivity index (χ3n) is 14.0. The van der Waals surface area contributed by atoms with Crippen molar-refractivity contribution in [2.45, 2.75) is 12.3 Å². The zero-order chi connectivity index (χ0) is 43.3. The molecule has 0 N–H and O–H groups in total. The van der Waals surface area contributed by atoms with Crippen molar-refractivity contribution in [2.75, 3.05) is 0 Å². The summed E-state index contributed by atoms with van der Waals surface area (Å²) in [4.78, 5) is 10.2. The monoisotopic (exact) mass is 840 g/mol. The summed E-state index contributed by atoms with van der Waals surface area (Å²) < 4.78 is 5.02. The second-order valence-corrected chi connectivity index (χ2v) is 17.6. The number of nitrogens with zero attached hydrogens (tertiary/aromatic N) is 4. The Hall–Kier alpha value is -8.60. The highest BCUT2D eigenvalue weighted by molar-refractivity contribution is 6.45. The molecule has 0 saturated carbocycles. The second-order valence-electron chi connectivity index (χ2n) is 17.6. The lowest BCUT2D eigenvalue weighted by Crippen LogP contribution is -1.99. The molecule has 0 amide bonds. The van der Waals surface area contributed by atoms with Crippen molar-refractivity contribution in [1.82, 2.24) is 19.1 Å². The average molecular weight is 841 g/mol. The van der Waals surface area contributed by atoms with Crippen molar-refractivity contribution in [3.8, 4) is 34.0 Å². The van der Waals surface area contributed by atoms with Crippen LogP contribution in [0, 0.1) is 0 Å². The van der Waals surface area contributed by atoms with E-state index in [0.29, 0.717) is 5.92 Å². The van der Waals surface area contributed by atoms with E-state index in [1.54, 1.807) is 0 Å². The Labute approximate surface area is 380 Å². The molecule has 66 heavy (non-hydrogen) atoms. The number of allylic oxidation sites excluding steroid dienone is 4. The number of rotatable bonds is 5. The van der Waals surface area contributed by atoms with E-state index in [9.17, 15) is 0 Å². The molecule has 10 aromatic carbocycles. The number of hydrogen-bond acceptors (Lipinski definition) is 2. The van der Waals surface area contributed by atoms with Crippen LogP contribution in [-0.4, -0.2) is 19.1 Å². The molecular weight excluding hydrogens is 801 g/mol. The molecule has 3 aromatic heterocycles. The van der Waals surface area contributed by atoms with Gasteiger partial charge in [0.05, 0.1) is 33.3 Å². The van der Waals surface area contributed by atoms with Crippen LogP contribution in [0.15, 0.2) is 224 Å². The Morgan fingerprint density at radius 2 is 0.894 bits per heavy atom. The van der Waals surface area contributed by atoms with Crippen LogP contribution >= 0.6 is 0 Å². The Kier molecular flexibility index (Phi) is 8.07. The van der Waals surface area contributed by atoms with Gasteiger partial charge >= 0.3 is 0 Å². The van der Waals surface area contributed by atoms with E-state index in [0.717, 1.165) is 51.3 Å². The van der Waals surface area contributed by atoms with Gasteiger partial charge in [-0.05, 0) is 70.6 Å². The van der Waals surface area contributed by atoms with Gasteiger partial charge in [0, 0.05) is 71.5 Å². The second kappa shape index (κ2) is 14.5. The summed E-state index contributed by atoms with van der Waals surface area (Å²) in [5, 5.41) is 13.6. The minimum atomic E-state index is 0.391. The molecule has 1 aliphatic rings. The average Bonchev–Trinajstić information content (AvgIpc) is 3.93. The van der Waals surface area contributed by atoms with Gasteiger partial charge in [0.2, 0.25) is 0 Å². The highest BCUT2D eigenvalue weighted by Crippen LogP contribution is 2.50. The Morgan fingerprint density at radius 1 is 0.379 bits per heavy atom. The Bertz CT molecular complexity index is 4170. The largest absolute Gasteiger partial charge is 0.309 e. The van der Waals surface area contributed by atoms with Gasteiger partial charge in [0.25, 0.3) is 0 Å². The third-order valence-corrected chi connectivity index (χ3v) is 14.0. The lowest BCUT2D eigenvalue weighted by molar-refractivity contribution is 0.853. The van der Waals surface area contributed by atoms with Gasteiger partial charge in [0.15, 0.2) is 5.82 Å². The predicted molar refractivity (Wildman–Crippen MR) is 277 cm³/mol. The van der Waals surface area contributed by atoms with E-state index in [2.05, 4.69) is 209 Å². The SMILES string of the molecule is C1=CCC(c2ccc(-n3c4ccccc4c4c5c(c6ccccc6c6c5c5ccccc5n6-c5ccc(-c6nc(-c7ccccc7)nc7ccccc67)cc5)c5ccccc5c43)cc2)C=C1. The fourth-order valence-electron chi connectivity index (χ4n) is 11.1. The number of fused-ring (bicyclic) bond motifs is 16. The summed E-state index contributed by atoms with van der Waals surface area (Å²) in [7, 11) is 0. The van der Waals surface area contributed by atoms with Gasteiger partial charge in [-0.3, -0.25) is 0 Å². The first-order chi connectivity index (χ1) is 32.8. The molecular formula is C62H40N4. The van der Waals surface area contributed by atoms with Crippen molar-refractivity contribution in [3.63, 3.8) is 0 Å². The van der Waals surface area contributed by atoms with Gasteiger partial charge < -0.3 is 9.13 Å². The molecule has 0 radical (unpaired) electrons. The number of benzene rings is 10. The van der Waals surface area contributed by atoms with E-state index < -0.39 is 0 Å². The normalized spacial score (nSPS) is 14.0. The molecule has 0 bridgehead atoms. The number of aromatic nitrogens is 4. The van der Waals surface area contributed by atoms with Crippen LogP contribution in [0.4, 0.5) is 0 Å². The lowest BCUT2D eigenvalue weighted by Gasteiger charge is -2.17. The molecule has 308 valence electrons. The zero-order valence-corrected chi connectivity index (χ0v) is 35.9. The quantitative estimate of drug-likeness (QED) is 0.162. The van der Waals surface area contributed by atoms with E-state index >= 15 is 0 Å². The standard InChI is InChI=1S/C62H40N4/c1-3-17-39(18-4-1)40-31-35-43(36-32-40)65-53-29-15-12-26-50(53)56-58-55(45-21-7-9-23-47(45)60(56)65)46-22-8-10-24-48(46)61-57(58)51-27-13-16-30-54(51)66(61)44-37-33-41(34-38-44)59-49-25-11-14-28-52(49)63-62(64-59)42-19-5-2-6-20-42/h1-17,19-39H,18H2. The van der Waals surface area contributed by atoms with Crippen LogP contribution in [0.3, 0.4) is 0 Å². The third kappa shape index (κ3) is 5.39. The Balaban J connectivity index is 1.07. The van der Waals surface area contributed by atoms with E-state index in [1.165, 1.54) is 81.5 Å². The van der Waals surface area contributed by atoms with Crippen LogP contribution in [0.2, 0.25) is 0 Å². The van der Waals surface area contributed by atoms with E-state index in [4.69, 9.17) is 9.97 Å². The molecule has 0 saturated heterocycles. The van der Waals surface area contributed by atoms with Gasteiger partial charge in [-0.1, -0.05) is 182 Å². The van der Waals surface area contributed by atoms with Gasteiger partial charge in [0.1, 0.15) is 0 Å². The molecule has 1 aliphatic carbocycles. The molecule has 13 aromatic rings. The summed E-state index contributed by atoms with van der Waals surface area (Å²) in [6.45, 7) is 0. The summed E-state index contributed by atoms with van der Waals surface area (Å²) >= 11 is 0. The fraction of sp³-hybridized carbons (Fsp3) is 0.0323. The van der Waals surface area contributed by atoms with E-state index in [1.807, 2.05) is 24.3 Å². The molecule has 0 fully saturated rings. The molecule has 0 spiro atoms. The summed E-state index contributed by atoms with van der Waals surface area (Å²) in [6, 6.07) is 73.0. The number of para-hydroxylation sites is 3. The number of hydrogen-bond donors (Lipinski definition) is 0. The van der Waals surface area contributed by atoms with Gasteiger partial charge in [-0.25, -0.2) is 9.97 Å². The predicted octanol–water partition coefficient (Wildman–Crippen LogP) is 16.2. The highest BCUT2D eigenvalue weighted by atomic mass is 15.0. The van der Waals surface area contributed by atoms with Crippen molar-refractivity contribution in [2.24, 2.45) is 0 Å². The topological polar surface area (TPSA) is 35.6 Å². The molecule has 1 unspecified atom stereocenters. The minimum absolute atomic E-state index is 0.391. The van der Waals surface area contributed by atoms with Crippen LogP contribution in [0.1, 0.15) is 17.9 Å². The van der Waals surface area contributed by atoms with Gasteiger partial charge in [-0.2, -0.15) is 0 Å². The molecule has 1 atom stereocenters. The smallest absolute Gasteiger partial charge is 0.160 e. The zero-order valence-electron chi connectivity index (χ0n) is 35.9. The maximum absolute atomic E-state index is 5.21. The first kappa shape index (κ1) is 36.8. The van der Waals surface area contributed by atoms with Crippen molar-refractivity contribution < 1.29 is 0 Å². The maximum Gasteiger partial charge on any atom is 0.160 e. The fourth-order valence-corrected chi connectivity index (χ4v) is 11.1. The lowest BCUT2D eigenvalue weighted by atomic mass is 9.89. The van der Waals surface area contributed by atoms with Crippen LogP contribution in [0.5, 0.6) is 0 Å². The van der Waals surface area contributed by atoms with Crippen LogP contribution < -0.4 is 0 Å². The van der Waals surface area contributed by atoms with Crippen molar-refractivity contribution >= 4 is 86.8 Å². The summed E-state index contributed by atoms with van der Waals surface area (Å²) in [5.74, 6) is 1.11. The molecule has 0 aliphatic heterocycles. The molecule has 4 heteroatoms. The summed E-state index contributed by atoms with van der Waals surface area (Å²) in [6.07, 6.45) is 9.93. The van der Waals surface area contributed by atoms with Crippen molar-refractivity contribution in [1.29, 1.82) is 0 Å². The first-order valence-electron chi connectivity index (χ1n) is 22.9. The Morgan fingerprint density at radius 3 is 1.48 bits per heavy atom. The van der Waals surface area contributed by atoms with Crippen LogP contribution in [-0.2, 0) is 0 Å². The maximum atomic E-state index is 5.21. The van der Waals surface area contributed by atoms with E-state index in [-0.39, 0.29) is 0 Å². The highest BCUT2D eigenvalue weighted by Gasteiger charge is 2.26.